The van der Waals surface area contributed by atoms with E-state index in [2.05, 4.69) is 24.0 Å². The van der Waals surface area contributed by atoms with E-state index in [0.717, 1.165) is 36.9 Å². The van der Waals surface area contributed by atoms with Gasteiger partial charge in [0.1, 0.15) is 23.7 Å². The van der Waals surface area contributed by atoms with Gasteiger partial charge in [0.25, 0.3) is 0 Å². The Hall–Kier alpha value is -2.95. The van der Waals surface area contributed by atoms with Crippen LogP contribution < -0.4 is 4.90 Å². The van der Waals surface area contributed by atoms with Gasteiger partial charge in [-0.05, 0) is 68.4 Å². The lowest BCUT2D eigenvalue weighted by molar-refractivity contribution is -0.144. The van der Waals surface area contributed by atoms with Crippen molar-refractivity contribution < 1.29 is 19.7 Å². The number of hydrogen-bond donors (Lipinski definition) is 2. The number of cyclic esters (lactones) is 1. The fourth-order valence-electron chi connectivity index (χ4n) is 5.29. The number of aliphatic hydroxyl groups is 1. The number of ether oxygens (including phenoxy) is 1. The van der Waals surface area contributed by atoms with E-state index in [0.29, 0.717) is 25.0 Å². The van der Waals surface area contributed by atoms with E-state index in [1.54, 1.807) is 12.1 Å². The van der Waals surface area contributed by atoms with Crippen LogP contribution in [0.1, 0.15) is 44.6 Å². The molecule has 1 aliphatic heterocycles. The van der Waals surface area contributed by atoms with E-state index in [-0.39, 0.29) is 24.0 Å². The smallest absolute Gasteiger partial charge is 0.337 e. The van der Waals surface area contributed by atoms with Gasteiger partial charge >= 0.3 is 5.97 Å². The summed E-state index contributed by atoms with van der Waals surface area (Å²) in [7, 11) is 0. The SMILES string of the molecule is CCN(c1ccccc1)C1(C2CCCC2)COC(=O)C(CCc2ccc(O)cc2)=C1O. The van der Waals surface area contributed by atoms with E-state index in [1.165, 1.54) is 0 Å². The first-order valence-corrected chi connectivity index (χ1v) is 11.3. The van der Waals surface area contributed by atoms with Crippen molar-refractivity contribution in [3.05, 3.63) is 71.5 Å². The standard InChI is InChI=1S/C26H31NO4/c1-2-27(21-10-4-3-5-11-21)26(20-8-6-7-9-20)18-31-25(30)23(24(26)29)17-14-19-12-15-22(28)16-13-19/h3-5,10-13,15-16,20,28-29H,2,6-9,14,17-18H2,1H3. The second-order valence-corrected chi connectivity index (χ2v) is 8.56. The Morgan fingerprint density at radius 3 is 2.32 bits per heavy atom. The largest absolute Gasteiger partial charge is 0.509 e. The fourth-order valence-corrected chi connectivity index (χ4v) is 5.29. The predicted octanol–water partition coefficient (Wildman–Crippen LogP) is 5.15. The van der Waals surface area contributed by atoms with Gasteiger partial charge in [0.2, 0.25) is 0 Å². The number of aryl methyl sites for hydroxylation is 1. The van der Waals surface area contributed by atoms with Crippen molar-refractivity contribution in [1.82, 2.24) is 0 Å². The summed E-state index contributed by atoms with van der Waals surface area (Å²) in [6, 6.07) is 17.1. The minimum atomic E-state index is -0.731. The van der Waals surface area contributed by atoms with Crippen LogP contribution in [0.15, 0.2) is 65.9 Å². The average Bonchev–Trinajstić information content (AvgIpc) is 3.33. The Bertz CT molecular complexity index is 932. The van der Waals surface area contributed by atoms with Gasteiger partial charge in [0.15, 0.2) is 0 Å². The summed E-state index contributed by atoms with van der Waals surface area (Å²) in [4.78, 5) is 15.0. The maximum Gasteiger partial charge on any atom is 0.337 e. The molecule has 2 N–H and O–H groups in total. The van der Waals surface area contributed by atoms with Crippen LogP contribution in [-0.2, 0) is 16.0 Å². The van der Waals surface area contributed by atoms with Gasteiger partial charge in [-0.2, -0.15) is 0 Å². The highest BCUT2D eigenvalue weighted by atomic mass is 16.5. The van der Waals surface area contributed by atoms with Crippen LogP contribution in [-0.4, -0.2) is 34.9 Å². The molecule has 0 bridgehead atoms. The van der Waals surface area contributed by atoms with Gasteiger partial charge < -0.3 is 19.8 Å². The number of likely N-dealkylation sites (N-methyl/N-ethyl adjacent to an activating group) is 1. The molecule has 1 fully saturated rings. The van der Waals surface area contributed by atoms with Crippen molar-refractivity contribution in [2.24, 2.45) is 5.92 Å². The Kier molecular flexibility index (Phi) is 6.21. The molecule has 0 spiro atoms. The van der Waals surface area contributed by atoms with Crippen LogP contribution in [0.2, 0.25) is 0 Å². The number of aromatic hydroxyl groups is 1. The van der Waals surface area contributed by atoms with E-state index in [4.69, 9.17) is 4.74 Å². The van der Waals surface area contributed by atoms with Crippen LogP contribution in [0.25, 0.3) is 0 Å². The number of nitrogens with zero attached hydrogens (tertiary/aromatic N) is 1. The number of para-hydroxylation sites is 1. The summed E-state index contributed by atoms with van der Waals surface area (Å²) in [5.74, 6) is 0.197. The summed E-state index contributed by atoms with van der Waals surface area (Å²) < 4.78 is 5.76. The van der Waals surface area contributed by atoms with Crippen LogP contribution in [0.3, 0.4) is 0 Å². The molecule has 0 saturated heterocycles. The van der Waals surface area contributed by atoms with Crippen molar-refractivity contribution in [2.75, 3.05) is 18.1 Å². The molecule has 164 valence electrons. The molecular weight excluding hydrogens is 390 g/mol. The first-order chi connectivity index (χ1) is 15.1. The number of phenols is 1. The molecule has 5 heteroatoms. The van der Waals surface area contributed by atoms with E-state index < -0.39 is 11.5 Å². The van der Waals surface area contributed by atoms with Gasteiger partial charge in [0, 0.05) is 12.2 Å². The summed E-state index contributed by atoms with van der Waals surface area (Å²) in [6.07, 6.45) is 5.27. The Morgan fingerprint density at radius 1 is 1.00 bits per heavy atom. The third kappa shape index (κ3) is 4.01. The number of phenolic OH excluding ortho intramolecular Hbond substituents is 1. The number of hydrogen-bond acceptors (Lipinski definition) is 5. The number of rotatable bonds is 7. The molecule has 2 aliphatic rings. The van der Waals surface area contributed by atoms with E-state index >= 15 is 0 Å². The molecular formula is C26H31NO4. The number of aliphatic hydroxyl groups excluding tert-OH is 1. The Labute approximate surface area is 184 Å². The van der Waals surface area contributed by atoms with Crippen molar-refractivity contribution in [3.8, 4) is 5.75 Å². The monoisotopic (exact) mass is 421 g/mol. The number of carbonyl (C=O) groups is 1. The summed E-state index contributed by atoms with van der Waals surface area (Å²) in [5, 5.41) is 21.2. The zero-order valence-electron chi connectivity index (χ0n) is 18.1. The Morgan fingerprint density at radius 2 is 1.68 bits per heavy atom. The highest BCUT2D eigenvalue weighted by Gasteiger charge is 2.53. The lowest BCUT2D eigenvalue weighted by atomic mass is 9.76. The van der Waals surface area contributed by atoms with Crippen LogP contribution in [0.4, 0.5) is 5.69 Å². The molecule has 2 aromatic carbocycles. The summed E-state index contributed by atoms with van der Waals surface area (Å²) >= 11 is 0. The molecule has 2 aromatic rings. The Balaban J connectivity index is 1.74. The van der Waals surface area contributed by atoms with Crippen molar-refractivity contribution >= 4 is 11.7 Å². The zero-order chi connectivity index (χ0) is 21.8. The van der Waals surface area contributed by atoms with Crippen molar-refractivity contribution in [1.29, 1.82) is 0 Å². The topological polar surface area (TPSA) is 70.0 Å². The number of benzene rings is 2. The second-order valence-electron chi connectivity index (χ2n) is 8.56. The normalized spacial score (nSPS) is 21.9. The molecule has 1 aliphatic carbocycles. The number of anilines is 1. The molecule has 1 saturated carbocycles. The van der Waals surface area contributed by atoms with Gasteiger partial charge in [-0.3, -0.25) is 0 Å². The third-order valence-corrected chi connectivity index (χ3v) is 6.86. The first-order valence-electron chi connectivity index (χ1n) is 11.3. The maximum absolute atomic E-state index is 12.7. The van der Waals surface area contributed by atoms with Crippen molar-refractivity contribution in [3.63, 3.8) is 0 Å². The average molecular weight is 422 g/mol. The highest BCUT2D eigenvalue weighted by Crippen LogP contribution is 2.46. The molecule has 0 amide bonds. The van der Waals surface area contributed by atoms with E-state index in [1.807, 2.05) is 30.3 Å². The second kappa shape index (κ2) is 9.04. The molecule has 1 unspecified atom stereocenters. The van der Waals surface area contributed by atoms with Gasteiger partial charge in [-0.25, -0.2) is 4.79 Å². The quantitative estimate of drug-likeness (QED) is 0.605. The van der Waals surface area contributed by atoms with Gasteiger partial charge in [-0.15, -0.1) is 0 Å². The minimum Gasteiger partial charge on any atom is -0.509 e. The molecule has 4 rings (SSSR count). The lowest BCUT2D eigenvalue weighted by Crippen LogP contribution is -2.61. The number of esters is 1. The van der Waals surface area contributed by atoms with Crippen LogP contribution >= 0.6 is 0 Å². The molecule has 1 atom stereocenters. The molecule has 5 nitrogen and oxygen atoms in total. The van der Waals surface area contributed by atoms with E-state index in [9.17, 15) is 15.0 Å². The molecule has 1 heterocycles. The van der Waals surface area contributed by atoms with Gasteiger partial charge in [0.05, 0.1) is 5.57 Å². The predicted molar refractivity (Wildman–Crippen MR) is 121 cm³/mol. The lowest BCUT2D eigenvalue weighted by Gasteiger charge is -2.50. The summed E-state index contributed by atoms with van der Waals surface area (Å²) in [5.41, 5.74) is 1.67. The minimum absolute atomic E-state index is 0.174. The van der Waals surface area contributed by atoms with Crippen LogP contribution in [0, 0.1) is 5.92 Å². The molecule has 0 aromatic heterocycles. The summed E-state index contributed by atoms with van der Waals surface area (Å²) in [6.45, 7) is 2.96. The van der Waals surface area contributed by atoms with Gasteiger partial charge in [-0.1, -0.05) is 43.2 Å². The zero-order valence-corrected chi connectivity index (χ0v) is 18.1. The van der Waals surface area contributed by atoms with Crippen LogP contribution in [0.5, 0.6) is 5.75 Å². The third-order valence-electron chi connectivity index (χ3n) is 6.86. The molecule has 31 heavy (non-hydrogen) atoms. The fraction of sp³-hybridized carbons (Fsp3) is 0.423. The number of carbonyl (C=O) groups excluding carboxylic acids is 1. The highest BCUT2D eigenvalue weighted by molar-refractivity contribution is 5.91. The first kappa shape index (κ1) is 21.3. The molecule has 0 radical (unpaired) electrons. The maximum atomic E-state index is 12.7. The van der Waals surface area contributed by atoms with Crippen molar-refractivity contribution in [2.45, 2.75) is 51.0 Å².